The highest BCUT2D eigenvalue weighted by atomic mass is 16.5. The predicted octanol–water partition coefficient (Wildman–Crippen LogP) is 2.74. The maximum Gasteiger partial charge on any atom is 0.256 e. The van der Waals surface area contributed by atoms with Crippen molar-refractivity contribution >= 4 is 16.8 Å². The van der Waals surface area contributed by atoms with Crippen LogP contribution >= 0.6 is 0 Å². The highest BCUT2D eigenvalue weighted by molar-refractivity contribution is 6.08. The average Bonchev–Trinajstić information content (AvgIpc) is 3.11. The van der Waals surface area contributed by atoms with Gasteiger partial charge in [-0.05, 0) is 19.9 Å². The molecule has 0 spiro atoms. The van der Waals surface area contributed by atoms with Crippen LogP contribution in [0, 0.1) is 13.8 Å². The van der Waals surface area contributed by atoms with Crippen molar-refractivity contribution in [1.29, 1.82) is 0 Å². The van der Waals surface area contributed by atoms with Crippen LogP contribution in [0.5, 0.6) is 0 Å². The number of aromatic nitrogens is 3. The van der Waals surface area contributed by atoms with Crippen molar-refractivity contribution in [2.45, 2.75) is 20.0 Å². The zero-order chi connectivity index (χ0) is 18.4. The largest absolute Gasteiger partial charge is 0.367 e. The Morgan fingerprint density at radius 1 is 1.23 bits per heavy atom. The zero-order valence-electron chi connectivity index (χ0n) is 15.7. The molecule has 1 amide bonds. The molecule has 1 aromatic carbocycles. The Morgan fingerprint density at radius 3 is 2.73 bits per heavy atom. The van der Waals surface area contributed by atoms with Crippen molar-refractivity contribution in [3.8, 4) is 0 Å². The molecule has 0 unspecified atom stereocenters. The Kier molecular flexibility index (Phi) is 4.07. The van der Waals surface area contributed by atoms with Gasteiger partial charge in [-0.2, -0.15) is 0 Å². The smallest absolute Gasteiger partial charge is 0.256 e. The van der Waals surface area contributed by atoms with Gasteiger partial charge in [-0.3, -0.25) is 4.79 Å². The lowest BCUT2D eigenvalue weighted by Crippen LogP contribution is -2.43. The SMILES string of the molecule is Cc1cn(C)c([C@H]2CN(C(=O)c3c(C)n(C)c4ccccc34)CCO2)n1. The number of para-hydroxylation sites is 1. The summed E-state index contributed by atoms with van der Waals surface area (Å²) in [5.74, 6) is 0.938. The minimum absolute atomic E-state index is 0.0681. The number of morpholine rings is 1. The van der Waals surface area contributed by atoms with E-state index < -0.39 is 0 Å². The summed E-state index contributed by atoms with van der Waals surface area (Å²) >= 11 is 0. The molecule has 6 nitrogen and oxygen atoms in total. The molecule has 3 heterocycles. The normalized spacial score (nSPS) is 17.8. The summed E-state index contributed by atoms with van der Waals surface area (Å²) in [4.78, 5) is 19.8. The summed E-state index contributed by atoms with van der Waals surface area (Å²) in [6.45, 7) is 5.61. The van der Waals surface area contributed by atoms with Gasteiger partial charge in [0.1, 0.15) is 11.9 Å². The van der Waals surface area contributed by atoms with Crippen molar-refractivity contribution < 1.29 is 9.53 Å². The zero-order valence-corrected chi connectivity index (χ0v) is 15.7. The highest BCUT2D eigenvalue weighted by Crippen LogP contribution is 2.28. The maximum atomic E-state index is 13.3. The van der Waals surface area contributed by atoms with Crippen LogP contribution in [0.25, 0.3) is 10.9 Å². The molecule has 136 valence electrons. The molecule has 1 aliphatic rings. The van der Waals surface area contributed by atoms with Gasteiger partial charge in [-0.1, -0.05) is 18.2 Å². The number of benzene rings is 1. The predicted molar refractivity (Wildman–Crippen MR) is 100 cm³/mol. The van der Waals surface area contributed by atoms with E-state index in [0.29, 0.717) is 19.7 Å². The van der Waals surface area contributed by atoms with E-state index in [1.807, 2.05) is 61.8 Å². The molecule has 0 N–H and O–H groups in total. The lowest BCUT2D eigenvalue weighted by Gasteiger charge is -2.32. The van der Waals surface area contributed by atoms with E-state index in [2.05, 4.69) is 15.6 Å². The van der Waals surface area contributed by atoms with Gasteiger partial charge >= 0.3 is 0 Å². The third kappa shape index (κ3) is 2.61. The first-order chi connectivity index (χ1) is 12.5. The van der Waals surface area contributed by atoms with Gasteiger partial charge in [0.15, 0.2) is 0 Å². The molecular formula is C20H24N4O2. The van der Waals surface area contributed by atoms with Crippen LogP contribution < -0.4 is 0 Å². The van der Waals surface area contributed by atoms with Crippen molar-refractivity contribution in [1.82, 2.24) is 19.0 Å². The second kappa shape index (κ2) is 6.29. The van der Waals surface area contributed by atoms with Crippen molar-refractivity contribution in [3.63, 3.8) is 0 Å². The average molecular weight is 352 g/mol. The van der Waals surface area contributed by atoms with Gasteiger partial charge in [0.25, 0.3) is 5.91 Å². The fourth-order valence-electron chi connectivity index (χ4n) is 3.87. The molecule has 4 rings (SSSR count). The minimum Gasteiger partial charge on any atom is -0.367 e. The van der Waals surface area contributed by atoms with Gasteiger partial charge in [-0.25, -0.2) is 4.98 Å². The van der Waals surface area contributed by atoms with E-state index in [1.54, 1.807) is 0 Å². The standard InChI is InChI=1S/C20H24N4O2/c1-13-11-22(3)19(21-13)17-12-24(9-10-26-17)20(25)18-14(2)23(4)16-8-6-5-7-15(16)18/h5-8,11,17H,9-10,12H2,1-4H3/t17-/m1/s1. The number of imidazole rings is 1. The summed E-state index contributed by atoms with van der Waals surface area (Å²) in [6.07, 6.45) is 1.79. The van der Waals surface area contributed by atoms with Gasteiger partial charge in [0, 0.05) is 43.4 Å². The molecule has 0 saturated carbocycles. The maximum absolute atomic E-state index is 13.3. The molecule has 2 aromatic heterocycles. The molecule has 1 saturated heterocycles. The topological polar surface area (TPSA) is 52.3 Å². The first-order valence-corrected chi connectivity index (χ1v) is 8.92. The van der Waals surface area contributed by atoms with Gasteiger partial charge < -0.3 is 18.8 Å². The number of nitrogens with zero attached hydrogens (tertiary/aromatic N) is 4. The van der Waals surface area contributed by atoms with Crippen molar-refractivity contribution in [3.05, 3.63) is 53.2 Å². The lowest BCUT2D eigenvalue weighted by molar-refractivity contribution is -0.0279. The van der Waals surface area contributed by atoms with E-state index in [4.69, 9.17) is 4.74 Å². The van der Waals surface area contributed by atoms with Gasteiger partial charge in [-0.15, -0.1) is 0 Å². The number of carbonyl (C=O) groups is 1. The van der Waals surface area contributed by atoms with E-state index in [9.17, 15) is 4.79 Å². The number of ether oxygens (including phenoxy) is 1. The Morgan fingerprint density at radius 2 is 2.00 bits per heavy atom. The van der Waals surface area contributed by atoms with E-state index in [-0.39, 0.29) is 12.0 Å². The first kappa shape index (κ1) is 16.8. The van der Waals surface area contributed by atoms with Crippen LogP contribution in [0.15, 0.2) is 30.5 Å². The number of amides is 1. The van der Waals surface area contributed by atoms with Crippen LogP contribution in [0.4, 0.5) is 0 Å². The molecule has 1 atom stereocenters. The number of hydrogen-bond donors (Lipinski definition) is 0. The van der Waals surface area contributed by atoms with E-state index in [0.717, 1.165) is 33.7 Å². The van der Waals surface area contributed by atoms with Crippen LogP contribution in [-0.2, 0) is 18.8 Å². The van der Waals surface area contributed by atoms with Crippen LogP contribution in [0.3, 0.4) is 0 Å². The van der Waals surface area contributed by atoms with Crippen LogP contribution in [-0.4, -0.2) is 44.6 Å². The van der Waals surface area contributed by atoms with E-state index in [1.165, 1.54) is 0 Å². The molecule has 0 radical (unpaired) electrons. The number of carbonyl (C=O) groups excluding carboxylic acids is 1. The third-order valence-electron chi connectivity index (χ3n) is 5.29. The molecule has 0 bridgehead atoms. The van der Waals surface area contributed by atoms with Gasteiger partial charge in [0.2, 0.25) is 0 Å². The third-order valence-corrected chi connectivity index (χ3v) is 5.29. The Hall–Kier alpha value is -2.60. The Balaban J connectivity index is 1.67. The van der Waals surface area contributed by atoms with E-state index >= 15 is 0 Å². The first-order valence-electron chi connectivity index (χ1n) is 8.92. The lowest BCUT2D eigenvalue weighted by atomic mass is 10.1. The molecule has 1 aliphatic heterocycles. The monoisotopic (exact) mass is 352 g/mol. The summed E-state index contributed by atoms with van der Waals surface area (Å²) < 4.78 is 9.98. The molecule has 1 fully saturated rings. The number of aryl methyl sites for hydroxylation is 3. The summed E-state index contributed by atoms with van der Waals surface area (Å²) in [5, 5.41) is 1.01. The molecule has 0 aliphatic carbocycles. The number of hydrogen-bond acceptors (Lipinski definition) is 3. The minimum atomic E-state index is -0.193. The van der Waals surface area contributed by atoms with Crippen LogP contribution in [0.2, 0.25) is 0 Å². The Bertz CT molecular complexity index is 985. The van der Waals surface area contributed by atoms with Crippen molar-refractivity contribution in [2.75, 3.05) is 19.7 Å². The molecule has 6 heteroatoms. The quantitative estimate of drug-likeness (QED) is 0.713. The van der Waals surface area contributed by atoms with Gasteiger partial charge in [0.05, 0.1) is 24.4 Å². The van der Waals surface area contributed by atoms with Crippen molar-refractivity contribution in [2.24, 2.45) is 14.1 Å². The summed E-state index contributed by atoms with van der Waals surface area (Å²) in [6, 6.07) is 8.06. The Labute approximate surface area is 153 Å². The fraction of sp³-hybridized carbons (Fsp3) is 0.400. The molecule has 3 aromatic rings. The fourth-order valence-corrected chi connectivity index (χ4v) is 3.87. The second-order valence-electron chi connectivity index (χ2n) is 7.00. The number of rotatable bonds is 2. The van der Waals surface area contributed by atoms with Crippen LogP contribution in [0.1, 0.15) is 33.7 Å². The molecular weight excluding hydrogens is 328 g/mol. The highest BCUT2D eigenvalue weighted by Gasteiger charge is 2.31. The summed E-state index contributed by atoms with van der Waals surface area (Å²) in [5.41, 5.74) is 3.82. The summed E-state index contributed by atoms with van der Waals surface area (Å²) in [7, 11) is 3.97. The number of fused-ring (bicyclic) bond motifs is 1. The molecule has 26 heavy (non-hydrogen) atoms. The second-order valence-corrected chi connectivity index (χ2v) is 7.00.